The van der Waals surface area contributed by atoms with E-state index in [0.29, 0.717) is 18.7 Å². The molecule has 0 bridgehead atoms. The highest BCUT2D eigenvalue weighted by atomic mass is 19.1. The van der Waals surface area contributed by atoms with E-state index in [-0.39, 0.29) is 18.0 Å². The Labute approximate surface area is 120 Å². The number of carbonyl (C=O) groups excluding carboxylic acids is 1. The van der Waals surface area contributed by atoms with E-state index in [1.54, 1.807) is 11.0 Å². The number of benzene rings is 1. The number of halogens is 1. The zero-order valence-corrected chi connectivity index (χ0v) is 12.1. The fourth-order valence-electron chi connectivity index (χ4n) is 1.93. The topological polar surface area (TPSA) is 46.3 Å². The maximum absolute atomic E-state index is 13.9. The molecule has 20 heavy (non-hydrogen) atoms. The molecule has 0 saturated carbocycles. The molecule has 0 aliphatic carbocycles. The number of hydrogen-bond donors (Lipinski definition) is 1. The van der Waals surface area contributed by atoms with Gasteiger partial charge in [0.25, 0.3) is 5.91 Å². The van der Waals surface area contributed by atoms with E-state index in [9.17, 15) is 9.18 Å². The highest BCUT2D eigenvalue weighted by Crippen LogP contribution is 2.12. The summed E-state index contributed by atoms with van der Waals surface area (Å²) in [6, 6.07) is 4.40. The first-order chi connectivity index (χ1) is 9.63. The van der Waals surface area contributed by atoms with Gasteiger partial charge in [-0.25, -0.2) is 4.39 Å². The maximum Gasteiger partial charge on any atom is 0.253 e. The Bertz CT molecular complexity index is 511. The van der Waals surface area contributed by atoms with E-state index in [0.717, 1.165) is 12.8 Å². The molecule has 3 nitrogen and oxygen atoms in total. The van der Waals surface area contributed by atoms with Gasteiger partial charge in [-0.05, 0) is 31.0 Å². The molecule has 0 radical (unpaired) electrons. The van der Waals surface area contributed by atoms with Crippen LogP contribution in [-0.4, -0.2) is 30.4 Å². The SMILES string of the molecule is CCCN(CCC)C(=O)c1ccc(C#CCN)c(F)c1. The third-order valence-electron chi connectivity index (χ3n) is 2.82. The van der Waals surface area contributed by atoms with Crippen LogP contribution in [0, 0.1) is 17.7 Å². The maximum atomic E-state index is 13.9. The minimum Gasteiger partial charge on any atom is -0.339 e. The third kappa shape index (κ3) is 4.36. The van der Waals surface area contributed by atoms with Gasteiger partial charge in [-0.3, -0.25) is 4.79 Å². The fraction of sp³-hybridized carbons (Fsp3) is 0.438. The van der Waals surface area contributed by atoms with Gasteiger partial charge < -0.3 is 10.6 Å². The summed E-state index contributed by atoms with van der Waals surface area (Å²) in [4.78, 5) is 14.1. The summed E-state index contributed by atoms with van der Waals surface area (Å²) >= 11 is 0. The lowest BCUT2D eigenvalue weighted by Crippen LogP contribution is -2.32. The zero-order chi connectivity index (χ0) is 15.0. The van der Waals surface area contributed by atoms with Gasteiger partial charge in [-0.1, -0.05) is 25.7 Å². The van der Waals surface area contributed by atoms with E-state index < -0.39 is 5.82 Å². The van der Waals surface area contributed by atoms with E-state index in [1.165, 1.54) is 12.1 Å². The Morgan fingerprint density at radius 3 is 2.45 bits per heavy atom. The van der Waals surface area contributed by atoms with Gasteiger partial charge in [0, 0.05) is 18.7 Å². The molecule has 0 aromatic heterocycles. The number of hydrogen-bond acceptors (Lipinski definition) is 2. The Morgan fingerprint density at radius 2 is 1.95 bits per heavy atom. The van der Waals surface area contributed by atoms with Crippen LogP contribution >= 0.6 is 0 Å². The first kappa shape index (κ1) is 16.2. The van der Waals surface area contributed by atoms with E-state index >= 15 is 0 Å². The van der Waals surface area contributed by atoms with Gasteiger partial charge in [0.2, 0.25) is 0 Å². The van der Waals surface area contributed by atoms with Crippen LogP contribution in [0.3, 0.4) is 0 Å². The summed E-state index contributed by atoms with van der Waals surface area (Å²) in [6.45, 7) is 5.58. The molecule has 2 N–H and O–H groups in total. The number of rotatable bonds is 5. The average Bonchev–Trinajstić information content (AvgIpc) is 2.45. The van der Waals surface area contributed by atoms with Gasteiger partial charge in [0.1, 0.15) is 5.82 Å². The van der Waals surface area contributed by atoms with Crippen molar-refractivity contribution in [2.24, 2.45) is 5.73 Å². The minimum absolute atomic E-state index is 0.133. The van der Waals surface area contributed by atoms with E-state index in [2.05, 4.69) is 11.8 Å². The lowest BCUT2D eigenvalue weighted by atomic mass is 10.1. The van der Waals surface area contributed by atoms with Gasteiger partial charge >= 0.3 is 0 Å². The van der Waals surface area contributed by atoms with E-state index in [4.69, 9.17) is 5.73 Å². The zero-order valence-electron chi connectivity index (χ0n) is 12.1. The predicted octanol–water partition coefficient (Wildman–Crippen LogP) is 2.40. The van der Waals surface area contributed by atoms with Crippen LogP contribution in [0.1, 0.15) is 42.6 Å². The Kier molecular flexibility index (Phi) is 6.75. The van der Waals surface area contributed by atoms with Gasteiger partial charge in [0.05, 0.1) is 12.1 Å². The van der Waals surface area contributed by atoms with Gasteiger partial charge in [-0.15, -0.1) is 0 Å². The number of nitrogens with two attached hydrogens (primary N) is 1. The Hall–Kier alpha value is -1.86. The standard InChI is InChI=1S/C16H21FN2O/c1-3-10-19(11-4-2)16(20)14-8-7-13(6-5-9-18)15(17)12-14/h7-8,12H,3-4,9-11,18H2,1-2H3. The second kappa shape index (κ2) is 8.34. The van der Waals surface area contributed by atoms with Crippen molar-refractivity contribution >= 4 is 5.91 Å². The first-order valence-electron chi connectivity index (χ1n) is 6.91. The molecule has 0 saturated heterocycles. The Balaban J connectivity index is 2.95. The Morgan fingerprint density at radius 1 is 1.30 bits per heavy atom. The molecular formula is C16H21FN2O. The molecule has 0 fully saturated rings. The van der Waals surface area contributed by atoms with Crippen molar-refractivity contribution in [1.29, 1.82) is 0 Å². The largest absolute Gasteiger partial charge is 0.339 e. The van der Waals surface area contributed by atoms with Crippen molar-refractivity contribution < 1.29 is 9.18 Å². The minimum atomic E-state index is -0.482. The highest BCUT2D eigenvalue weighted by molar-refractivity contribution is 5.94. The van der Waals surface area contributed by atoms with Crippen LogP contribution in [0.2, 0.25) is 0 Å². The summed E-state index contributed by atoms with van der Waals surface area (Å²) in [5.41, 5.74) is 5.89. The predicted molar refractivity (Wildman–Crippen MR) is 78.8 cm³/mol. The molecule has 0 aliphatic rings. The summed E-state index contributed by atoms with van der Waals surface area (Å²) in [7, 11) is 0. The normalized spacial score (nSPS) is 9.80. The summed E-state index contributed by atoms with van der Waals surface area (Å²) < 4.78 is 13.9. The van der Waals surface area contributed by atoms with Crippen LogP contribution in [-0.2, 0) is 0 Å². The summed E-state index contributed by atoms with van der Waals surface area (Å²) in [6.07, 6.45) is 1.77. The fourth-order valence-corrected chi connectivity index (χ4v) is 1.93. The number of carbonyl (C=O) groups is 1. The molecule has 0 aliphatic heterocycles. The first-order valence-corrected chi connectivity index (χ1v) is 6.91. The molecule has 0 atom stereocenters. The van der Waals surface area contributed by atoms with Crippen molar-refractivity contribution in [3.8, 4) is 11.8 Å². The van der Waals surface area contributed by atoms with Crippen molar-refractivity contribution in [3.05, 3.63) is 35.1 Å². The molecule has 108 valence electrons. The third-order valence-corrected chi connectivity index (χ3v) is 2.82. The molecule has 0 spiro atoms. The molecule has 4 heteroatoms. The second-order valence-electron chi connectivity index (χ2n) is 4.49. The van der Waals surface area contributed by atoms with Crippen LogP contribution in [0.5, 0.6) is 0 Å². The molecule has 0 heterocycles. The van der Waals surface area contributed by atoms with Crippen molar-refractivity contribution in [3.63, 3.8) is 0 Å². The molecule has 1 aromatic carbocycles. The van der Waals surface area contributed by atoms with E-state index in [1.807, 2.05) is 13.8 Å². The van der Waals surface area contributed by atoms with Gasteiger partial charge in [-0.2, -0.15) is 0 Å². The van der Waals surface area contributed by atoms with Crippen LogP contribution in [0.25, 0.3) is 0 Å². The number of amides is 1. The molecular weight excluding hydrogens is 255 g/mol. The number of nitrogens with zero attached hydrogens (tertiary/aromatic N) is 1. The van der Waals surface area contributed by atoms with Crippen LogP contribution in [0.15, 0.2) is 18.2 Å². The monoisotopic (exact) mass is 276 g/mol. The molecule has 1 rings (SSSR count). The summed E-state index contributed by atoms with van der Waals surface area (Å²) in [5, 5.41) is 0. The van der Waals surface area contributed by atoms with Crippen LogP contribution < -0.4 is 5.73 Å². The lowest BCUT2D eigenvalue weighted by Gasteiger charge is -2.21. The lowest BCUT2D eigenvalue weighted by molar-refractivity contribution is 0.0755. The highest BCUT2D eigenvalue weighted by Gasteiger charge is 2.15. The van der Waals surface area contributed by atoms with Crippen molar-refractivity contribution in [2.45, 2.75) is 26.7 Å². The van der Waals surface area contributed by atoms with Crippen molar-refractivity contribution in [1.82, 2.24) is 4.90 Å². The molecule has 1 amide bonds. The van der Waals surface area contributed by atoms with Crippen LogP contribution in [0.4, 0.5) is 4.39 Å². The molecule has 0 unspecified atom stereocenters. The quantitative estimate of drug-likeness (QED) is 0.839. The van der Waals surface area contributed by atoms with Crippen molar-refractivity contribution in [2.75, 3.05) is 19.6 Å². The molecule has 1 aromatic rings. The van der Waals surface area contributed by atoms with Gasteiger partial charge in [0.15, 0.2) is 0 Å². The second-order valence-corrected chi connectivity index (χ2v) is 4.49. The average molecular weight is 276 g/mol. The smallest absolute Gasteiger partial charge is 0.253 e. The summed E-state index contributed by atoms with van der Waals surface area (Å²) in [5.74, 6) is 4.63.